The highest BCUT2D eigenvalue weighted by atomic mass is 19.3. The van der Waals surface area contributed by atoms with E-state index in [4.69, 9.17) is 0 Å². The van der Waals surface area contributed by atoms with E-state index in [1.54, 1.807) is 11.1 Å². The summed E-state index contributed by atoms with van der Waals surface area (Å²) in [6.07, 6.45) is 12.1. The van der Waals surface area contributed by atoms with Crippen LogP contribution in [0.15, 0.2) is 54.0 Å². The molecule has 1 aliphatic carbocycles. The highest BCUT2D eigenvalue weighted by molar-refractivity contribution is 6.11. The standard InChI is InChI=1S/C21H25F2N5O/c1-4-10-24-18(15-6-11-28(12-7-15)17(29)5-2)21(8-9-21)27-16-13-25-19(26-14-16)20(3,22)23/h4-6,10,13-14,27H,2,7-9,11-12H2,1,3H3/b10-4-,24-18?. The minimum absolute atomic E-state index is 0.0866. The number of rotatable bonds is 7. The first-order chi connectivity index (χ1) is 13.8. The number of aromatic nitrogens is 2. The van der Waals surface area contributed by atoms with Crippen LogP contribution in [0.1, 0.15) is 38.9 Å². The first kappa shape index (κ1) is 20.8. The SMILES string of the molecule is C=CC(=O)N1CC=C(C(=N/C=C\C)C2(Nc3cnc(C(C)(F)F)nc3)CC2)CC1. The normalized spacial score (nSPS) is 19.1. The van der Waals surface area contributed by atoms with Gasteiger partial charge in [0, 0.05) is 26.2 Å². The fourth-order valence-corrected chi connectivity index (χ4v) is 3.32. The van der Waals surface area contributed by atoms with E-state index in [2.05, 4.69) is 26.9 Å². The number of hydrogen-bond acceptors (Lipinski definition) is 5. The van der Waals surface area contributed by atoms with E-state index in [1.165, 1.54) is 18.5 Å². The number of aliphatic imine (C=N–C) groups is 1. The zero-order valence-corrected chi connectivity index (χ0v) is 16.7. The second-order valence-electron chi connectivity index (χ2n) is 7.32. The first-order valence-electron chi connectivity index (χ1n) is 9.58. The summed E-state index contributed by atoms with van der Waals surface area (Å²) in [6.45, 7) is 7.31. The van der Waals surface area contributed by atoms with E-state index in [-0.39, 0.29) is 11.4 Å². The van der Waals surface area contributed by atoms with E-state index in [0.29, 0.717) is 25.2 Å². The van der Waals surface area contributed by atoms with Crippen LogP contribution in [-0.4, -0.2) is 45.1 Å². The van der Waals surface area contributed by atoms with Gasteiger partial charge in [-0.3, -0.25) is 9.79 Å². The van der Waals surface area contributed by atoms with Gasteiger partial charge in [0.2, 0.25) is 5.91 Å². The van der Waals surface area contributed by atoms with Crippen molar-refractivity contribution in [2.75, 3.05) is 18.4 Å². The van der Waals surface area contributed by atoms with Crippen LogP contribution in [0, 0.1) is 0 Å². The van der Waals surface area contributed by atoms with Gasteiger partial charge in [-0.1, -0.05) is 18.7 Å². The van der Waals surface area contributed by atoms with Gasteiger partial charge in [0.1, 0.15) is 0 Å². The highest BCUT2D eigenvalue weighted by Crippen LogP contribution is 2.43. The molecule has 154 valence electrons. The monoisotopic (exact) mass is 401 g/mol. The second-order valence-corrected chi connectivity index (χ2v) is 7.32. The molecule has 1 N–H and O–H groups in total. The number of anilines is 1. The van der Waals surface area contributed by atoms with Crippen LogP contribution in [0.5, 0.6) is 0 Å². The minimum Gasteiger partial charge on any atom is -0.371 e. The number of hydrogen-bond donors (Lipinski definition) is 1. The fourth-order valence-electron chi connectivity index (χ4n) is 3.32. The maximum atomic E-state index is 13.3. The van der Waals surface area contributed by atoms with Crippen molar-refractivity contribution in [2.45, 2.75) is 44.6 Å². The Bertz CT molecular complexity index is 864. The molecule has 29 heavy (non-hydrogen) atoms. The van der Waals surface area contributed by atoms with Crippen molar-refractivity contribution in [3.05, 3.63) is 54.8 Å². The first-order valence-corrected chi connectivity index (χ1v) is 9.58. The van der Waals surface area contributed by atoms with Gasteiger partial charge >= 0.3 is 5.92 Å². The molecule has 0 bridgehead atoms. The Morgan fingerprint density at radius 3 is 2.55 bits per heavy atom. The molecule has 0 unspecified atom stereocenters. The number of halogens is 2. The molecule has 1 fully saturated rings. The van der Waals surface area contributed by atoms with Gasteiger partial charge in [0.25, 0.3) is 0 Å². The van der Waals surface area contributed by atoms with Crippen LogP contribution in [0.3, 0.4) is 0 Å². The molecule has 0 spiro atoms. The van der Waals surface area contributed by atoms with Crippen LogP contribution < -0.4 is 5.32 Å². The average molecular weight is 401 g/mol. The molecule has 0 aromatic carbocycles. The van der Waals surface area contributed by atoms with E-state index in [0.717, 1.165) is 31.1 Å². The molecule has 2 heterocycles. The molecule has 0 radical (unpaired) electrons. The zero-order valence-electron chi connectivity index (χ0n) is 16.7. The van der Waals surface area contributed by atoms with Gasteiger partial charge < -0.3 is 10.2 Å². The predicted molar refractivity (Wildman–Crippen MR) is 109 cm³/mol. The molecule has 1 aliphatic heterocycles. The Morgan fingerprint density at radius 2 is 2.07 bits per heavy atom. The van der Waals surface area contributed by atoms with Crippen molar-refractivity contribution in [3.8, 4) is 0 Å². The lowest BCUT2D eigenvalue weighted by molar-refractivity contribution is -0.125. The van der Waals surface area contributed by atoms with Gasteiger partial charge in [0.05, 0.1) is 29.3 Å². The number of nitrogens with one attached hydrogen (secondary N) is 1. The lowest BCUT2D eigenvalue weighted by Gasteiger charge is -2.29. The van der Waals surface area contributed by atoms with Gasteiger partial charge in [0.15, 0.2) is 5.82 Å². The van der Waals surface area contributed by atoms with Crippen molar-refractivity contribution in [2.24, 2.45) is 4.99 Å². The van der Waals surface area contributed by atoms with E-state index in [1.807, 2.05) is 19.1 Å². The smallest absolute Gasteiger partial charge is 0.303 e. The summed E-state index contributed by atoms with van der Waals surface area (Å²) in [5, 5.41) is 3.39. The lowest BCUT2D eigenvalue weighted by atomic mass is 9.95. The minimum atomic E-state index is -3.07. The third-order valence-corrected chi connectivity index (χ3v) is 4.98. The van der Waals surface area contributed by atoms with Gasteiger partial charge in [-0.2, -0.15) is 8.78 Å². The predicted octanol–water partition coefficient (Wildman–Crippen LogP) is 3.85. The summed E-state index contributed by atoms with van der Waals surface area (Å²) in [7, 11) is 0. The molecule has 0 saturated heterocycles. The third kappa shape index (κ3) is 4.75. The number of carbonyl (C=O) groups is 1. The van der Waals surface area contributed by atoms with E-state index < -0.39 is 11.7 Å². The summed E-state index contributed by atoms with van der Waals surface area (Å²) in [5.41, 5.74) is 2.18. The van der Waals surface area contributed by atoms with Gasteiger partial charge in [-0.15, -0.1) is 0 Å². The van der Waals surface area contributed by atoms with Gasteiger partial charge in [-0.25, -0.2) is 9.97 Å². The molecule has 1 aromatic heterocycles. The van der Waals surface area contributed by atoms with Crippen molar-refractivity contribution >= 4 is 17.3 Å². The van der Waals surface area contributed by atoms with Crippen LogP contribution in [0.2, 0.25) is 0 Å². The fraction of sp³-hybridized carbons (Fsp3) is 0.429. The van der Waals surface area contributed by atoms with Crippen molar-refractivity contribution < 1.29 is 13.6 Å². The second kappa shape index (κ2) is 8.23. The number of amides is 1. The zero-order chi connectivity index (χ0) is 21.1. The molecular formula is C21H25F2N5O. The van der Waals surface area contributed by atoms with Gasteiger partial charge in [-0.05, 0) is 37.8 Å². The Morgan fingerprint density at radius 1 is 1.38 bits per heavy atom. The van der Waals surface area contributed by atoms with E-state index >= 15 is 0 Å². The molecule has 1 saturated carbocycles. The highest BCUT2D eigenvalue weighted by Gasteiger charge is 2.49. The maximum absolute atomic E-state index is 13.3. The van der Waals surface area contributed by atoms with E-state index in [9.17, 15) is 13.6 Å². The Balaban J connectivity index is 1.81. The van der Waals surface area contributed by atoms with Crippen molar-refractivity contribution in [1.29, 1.82) is 0 Å². The van der Waals surface area contributed by atoms with Crippen LogP contribution >= 0.6 is 0 Å². The quantitative estimate of drug-likeness (QED) is 0.557. The number of carbonyl (C=O) groups excluding carboxylic acids is 1. The molecule has 8 heteroatoms. The molecule has 2 aliphatic rings. The third-order valence-electron chi connectivity index (χ3n) is 4.98. The Kier molecular flexibility index (Phi) is 5.91. The topological polar surface area (TPSA) is 70.5 Å². The molecule has 6 nitrogen and oxygen atoms in total. The molecule has 0 atom stereocenters. The van der Waals surface area contributed by atoms with Crippen LogP contribution in [0.4, 0.5) is 14.5 Å². The number of nitrogens with zero attached hydrogens (tertiary/aromatic N) is 4. The molecule has 1 aromatic rings. The van der Waals surface area contributed by atoms with Crippen LogP contribution in [0.25, 0.3) is 0 Å². The summed E-state index contributed by atoms with van der Waals surface area (Å²) >= 11 is 0. The Hall–Kier alpha value is -2.90. The summed E-state index contributed by atoms with van der Waals surface area (Å²) < 4.78 is 26.7. The lowest BCUT2D eigenvalue weighted by Crippen LogP contribution is -2.39. The van der Waals surface area contributed by atoms with Crippen LogP contribution in [-0.2, 0) is 10.7 Å². The summed E-state index contributed by atoms with van der Waals surface area (Å²) in [6, 6.07) is 0. The van der Waals surface area contributed by atoms with Crippen molar-refractivity contribution in [1.82, 2.24) is 14.9 Å². The Labute approximate surface area is 169 Å². The average Bonchev–Trinajstić information content (AvgIpc) is 3.48. The molecule has 3 rings (SSSR count). The molecule has 1 amide bonds. The largest absolute Gasteiger partial charge is 0.371 e. The summed E-state index contributed by atoms with van der Waals surface area (Å²) in [5.74, 6) is -3.66. The maximum Gasteiger partial charge on any atom is 0.303 e. The molecular weight excluding hydrogens is 376 g/mol. The van der Waals surface area contributed by atoms with Crippen molar-refractivity contribution in [3.63, 3.8) is 0 Å². The number of allylic oxidation sites excluding steroid dienone is 1. The summed E-state index contributed by atoms with van der Waals surface area (Å²) in [4.78, 5) is 25.8. The number of alkyl halides is 2.